The second kappa shape index (κ2) is 3.56. The Morgan fingerprint density at radius 3 is 2.81 bits per heavy atom. The normalized spacial score (nSPS) is 41.9. The van der Waals surface area contributed by atoms with Crippen molar-refractivity contribution in [2.45, 2.75) is 62.9 Å². The van der Waals surface area contributed by atoms with Gasteiger partial charge >= 0.3 is 0 Å². The van der Waals surface area contributed by atoms with Gasteiger partial charge in [-0.15, -0.1) is 0 Å². The molecule has 0 unspecified atom stereocenters. The van der Waals surface area contributed by atoms with Gasteiger partial charge < -0.3 is 14.6 Å². The minimum Gasteiger partial charge on any atom is -0.389 e. The summed E-state index contributed by atoms with van der Waals surface area (Å²) in [5, 5.41) is 9.70. The molecule has 16 heavy (non-hydrogen) atoms. The molecule has 2 aliphatic carbocycles. The summed E-state index contributed by atoms with van der Waals surface area (Å²) >= 11 is 0. The molecule has 0 radical (unpaired) electrons. The monoisotopic (exact) mass is 224 g/mol. The second-order valence-corrected chi connectivity index (χ2v) is 5.56. The Hall–Kier alpha value is -0.380. The fourth-order valence-electron chi connectivity index (χ4n) is 3.29. The zero-order valence-electron chi connectivity index (χ0n) is 9.87. The van der Waals surface area contributed by atoms with Crippen LogP contribution in [0, 0.1) is 0 Å². The van der Waals surface area contributed by atoms with Crippen molar-refractivity contribution < 1.29 is 14.6 Å². The van der Waals surface area contributed by atoms with Crippen LogP contribution in [0.15, 0.2) is 11.6 Å². The smallest absolute Gasteiger partial charge is 0.169 e. The van der Waals surface area contributed by atoms with Crippen molar-refractivity contribution in [3.05, 3.63) is 11.6 Å². The van der Waals surface area contributed by atoms with Gasteiger partial charge in [-0.2, -0.15) is 0 Å². The molecule has 0 aromatic rings. The van der Waals surface area contributed by atoms with Crippen molar-refractivity contribution in [3.8, 4) is 0 Å². The number of aliphatic hydroxyl groups is 1. The quantitative estimate of drug-likeness (QED) is 0.641. The van der Waals surface area contributed by atoms with Crippen LogP contribution in [-0.2, 0) is 9.47 Å². The average Bonchev–Trinajstić information content (AvgIpc) is 2.52. The number of rotatable bonds is 0. The molecule has 3 rings (SSSR count). The highest BCUT2D eigenvalue weighted by Gasteiger charge is 2.50. The molecule has 90 valence electrons. The minimum absolute atomic E-state index is 0.283. The molecule has 0 aromatic carbocycles. The summed E-state index contributed by atoms with van der Waals surface area (Å²) < 4.78 is 12.2. The number of hydrogen-bond acceptors (Lipinski definition) is 3. The van der Waals surface area contributed by atoms with E-state index in [1.165, 1.54) is 19.3 Å². The van der Waals surface area contributed by atoms with Crippen LogP contribution in [0.2, 0.25) is 0 Å². The fraction of sp³-hybridized carbons (Fsp3) is 0.846. The average molecular weight is 224 g/mol. The maximum absolute atomic E-state index is 9.70. The number of aliphatic hydroxyl groups excluding tert-OH is 1. The molecule has 3 heteroatoms. The molecule has 1 saturated heterocycles. The van der Waals surface area contributed by atoms with Gasteiger partial charge in [0.15, 0.2) is 5.79 Å². The van der Waals surface area contributed by atoms with Gasteiger partial charge in [-0.3, -0.25) is 0 Å². The Morgan fingerprint density at radius 2 is 2.06 bits per heavy atom. The fourth-order valence-corrected chi connectivity index (χ4v) is 3.29. The van der Waals surface area contributed by atoms with E-state index in [1.54, 1.807) is 0 Å². The summed E-state index contributed by atoms with van der Waals surface area (Å²) in [6.07, 6.45) is 7.91. The van der Waals surface area contributed by atoms with Gasteiger partial charge in [0.1, 0.15) is 0 Å². The van der Waals surface area contributed by atoms with E-state index in [9.17, 15) is 5.11 Å². The highest BCUT2D eigenvalue weighted by molar-refractivity contribution is 5.27. The van der Waals surface area contributed by atoms with E-state index in [1.807, 2.05) is 6.08 Å². The number of fused-ring (bicyclic) bond motifs is 1. The van der Waals surface area contributed by atoms with Crippen molar-refractivity contribution in [2.24, 2.45) is 0 Å². The molecule has 3 aliphatic rings. The van der Waals surface area contributed by atoms with Crippen molar-refractivity contribution in [1.29, 1.82) is 0 Å². The minimum atomic E-state index is -0.359. The lowest BCUT2D eigenvalue weighted by molar-refractivity contribution is -0.312. The Bertz CT molecular complexity index is 317. The first-order chi connectivity index (χ1) is 7.62. The molecule has 1 N–H and O–H groups in total. The zero-order chi connectivity index (χ0) is 11.2. The molecular formula is C13H20O3. The first kappa shape index (κ1) is 10.8. The first-order valence-corrected chi connectivity index (χ1v) is 6.35. The summed E-state index contributed by atoms with van der Waals surface area (Å²) in [4.78, 5) is 0. The first-order valence-electron chi connectivity index (χ1n) is 6.35. The van der Waals surface area contributed by atoms with Crippen LogP contribution < -0.4 is 0 Å². The largest absolute Gasteiger partial charge is 0.389 e. The van der Waals surface area contributed by atoms with Crippen molar-refractivity contribution in [1.82, 2.24) is 0 Å². The van der Waals surface area contributed by atoms with E-state index in [4.69, 9.17) is 9.47 Å². The Balaban J connectivity index is 1.82. The standard InChI is InChI=1S/C13H20O3/c1-12-8-11(14)7-10(12)9-15-13(16-12)5-3-2-4-6-13/h7,11,14H,2-6,8-9H2,1H3/t11-,12-/m0/s1. The molecule has 0 aromatic heterocycles. The molecule has 1 aliphatic heterocycles. The van der Waals surface area contributed by atoms with Gasteiger partial charge in [0, 0.05) is 19.3 Å². The highest BCUT2D eigenvalue weighted by atomic mass is 16.7. The topological polar surface area (TPSA) is 38.7 Å². The predicted molar refractivity (Wildman–Crippen MR) is 60.0 cm³/mol. The Kier molecular flexibility index (Phi) is 2.39. The highest BCUT2D eigenvalue weighted by Crippen LogP contribution is 2.46. The van der Waals surface area contributed by atoms with Crippen LogP contribution >= 0.6 is 0 Å². The van der Waals surface area contributed by atoms with E-state index in [0.717, 1.165) is 18.4 Å². The van der Waals surface area contributed by atoms with Crippen molar-refractivity contribution >= 4 is 0 Å². The molecule has 2 fully saturated rings. The van der Waals surface area contributed by atoms with Crippen LogP contribution in [0.1, 0.15) is 45.4 Å². The Labute approximate surface area is 96.4 Å². The van der Waals surface area contributed by atoms with Gasteiger partial charge in [0.25, 0.3) is 0 Å². The molecule has 1 saturated carbocycles. The molecular weight excluding hydrogens is 204 g/mol. The lowest BCUT2D eigenvalue weighted by Gasteiger charge is -2.48. The van der Waals surface area contributed by atoms with E-state index in [-0.39, 0.29) is 17.5 Å². The van der Waals surface area contributed by atoms with Gasteiger partial charge in [0.2, 0.25) is 0 Å². The molecule has 1 heterocycles. The summed E-state index contributed by atoms with van der Waals surface area (Å²) in [6, 6.07) is 0. The zero-order valence-corrected chi connectivity index (χ0v) is 9.87. The van der Waals surface area contributed by atoms with E-state index < -0.39 is 0 Å². The molecule has 3 nitrogen and oxygen atoms in total. The van der Waals surface area contributed by atoms with E-state index in [0.29, 0.717) is 13.0 Å². The van der Waals surface area contributed by atoms with Crippen LogP contribution in [-0.4, -0.2) is 29.2 Å². The van der Waals surface area contributed by atoms with Gasteiger partial charge in [-0.25, -0.2) is 0 Å². The van der Waals surface area contributed by atoms with E-state index in [2.05, 4.69) is 6.92 Å². The molecule has 1 spiro atoms. The van der Waals surface area contributed by atoms with Gasteiger partial charge in [-0.1, -0.05) is 12.5 Å². The second-order valence-electron chi connectivity index (χ2n) is 5.56. The van der Waals surface area contributed by atoms with E-state index >= 15 is 0 Å². The maximum Gasteiger partial charge on any atom is 0.169 e. The van der Waals surface area contributed by atoms with Crippen LogP contribution in [0.25, 0.3) is 0 Å². The maximum atomic E-state index is 9.70. The predicted octanol–water partition coefficient (Wildman–Crippen LogP) is 2.14. The number of ether oxygens (including phenoxy) is 2. The SMILES string of the molecule is C[C@]12C[C@@H](O)C=C1COC1(CCCCC1)O2. The molecule has 2 atom stereocenters. The summed E-state index contributed by atoms with van der Waals surface area (Å²) in [5.74, 6) is -0.353. The summed E-state index contributed by atoms with van der Waals surface area (Å²) in [6.45, 7) is 2.72. The lowest BCUT2D eigenvalue weighted by atomic mass is 9.89. The molecule has 0 bridgehead atoms. The molecule has 0 amide bonds. The van der Waals surface area contributed by atoms with Crippen molar-refractivity contribution in [2.75, 3.05) is 6.61 Å². The lowest BCUT2D eigenvalue weighted by Crippen LogP contribution is -2.51. The summed E-state index contributed by atoms with van der Waals surface area (Å²) in [7, 11) is 0. The number of hydrogen-bond donors (Lipinski definition) is 1. The third-order valence-electron chi connectivity index (χ3n) is 4.19. The van der Waals surface area contributed by atoms with Gasteiger partial charge in [-0.05, 0) is 25.3 Å². The Morgan fingerprint density at radius 1 is 1.31 bits per heavy atom. The van der Waals surface area contributed by atoms with Crippen LogP contribution in [0.3, 0.4) is 0 Å². The third kappa shape index (κ3) is 1.62. The van der Waals surface area contributed by atoms with Crippen molar-refractivity contribution in [3.63, 3.8) is 0 Å². The third-order valence-corrected chi connectivity index (χ3v) is 4.19. The van der Waals surface area contributed by atoms with Crippen LogP contribution in [0.5, 0.6) is 0 Å². The summed E-state index contributed by atoms with van der Waals surface area (Å²) in [5.41, 5.74) is 0.839. The van der Waals surface area contributed by atoms with Gasteiger partial charge in [0.05, 0.1) is 18.3 Å². The van der Waals surface area contributed by atoms with Crippen LogP contribution in [0.4, 0.5) is 0 Å².